The molecular formula is C13H18FNO. The summed E-state index contributed by atoms with van der Waals surface area (Å²) in [5, 5.41) is 3.35. The van der Waals surface area contributed by atoms with Crippen LogP contribution in [0, 0.1) is 11.2 Å². The Morgan fingerprint density at radius 2 is 2.19 bits per heavy atom. The highest BCUT2D eigenvalue weighted by Crippen LogP contribution is 2.42. The molecule has 0 saturated carbocycles. The summed E-state index contributed by atoms with van der Waals surface area (Å²) in [7, 11) is 1.63. The molecule has 2 rings (SSSR count). The molecule has 1 aliphatic heterocycles. The van der Waals surface area contributed by atoms with E-state index in [2.05, 4.69) is 19.2 Å². The number of hydrogen-bond donors (Lipinski definition) is 1. The van der Waals surface area contributed by atoms with Crippen LogP contribution in [0.4, 0.5) is 4.39 Å². The summed E-state index contributed by atoms with van der Waals surface area (Å²) in [4.78, 5) is 0. The van der Waals surface area contributed by atoms with E-state index >= 15 is 0 Å². The molecule has 1 aromatic carbocycles. The molecule has 1 unspecified atom stereocenters. The Bertz CT molecular complexity index is 390. The zero-order chi connectivity index (χ0) is 11.8. The first-order valence-corrected chi connectivity index (χ1v) is 5.59. The Morgan fingerprint density at radius 1 is 1.44 bits per heavy atom. The average molecular weight is 223 g/mol. The van der Waals surface area contributed by atoms with Crippen LogP contribution < -0.4 is 10.1 Å². The number of benzene rings is 1. The van der Waals surface area contributed by atoms with Gasteiger partial charge in [0.05, 0.1) is 7.11 Å². The van der Waals surface area contributed by atoms with Gasteiger partial charge in [0.25, 0.3) is 0 Å². The van der Waals surface area contributed by atoms with Crippen LogP contribution in [0.3, 0.4) is 0 Å². The zero-order valence-corrected chi connectivity index (χ0v) is 10.0. The smallest absolute Gasteiger partial charge is 0.123 e. The standard InChI is InChI=1S/C13H18FNO/c1-13(2)8-15-7-11(13)10-6-9(14)4-5-12(10)16-3/h4-6,11,15H,7-8H2,1-3H3. The lowest BCUT2D eigenvalue weighted by molar-refractivity contribution is 0.344. The highest BCUT2D eigenvalue weighted by atomic mass is 19.1. The Labute approximate surface area is 95.8 Å². The third-order valence-electron chi connectivity index (χ3n) is 3.44. The van der Waals surface area contributed by atoms with Crippen LogP contribution in [0.15, 0.2) is 18.2 Å². The molecule has 1 N–H and O–H groups in total. The molecule has 1 aliphatic rings. The van der Waals surface area contributed by atoms with E-state index in [1.54, 1.807) is 19.2 Å². The fourth-order valence-corrected chi connectivity index (χ4v) is 2.45. The Hall–Kier alpha value is -1.09. The molecule has 1 fully saturated rings. The van der Waals surface area contributed by atoms with Gasteiger partial charge in [-0.2, -0.15) is 0 Å². The average Bonchev–Trinajstić information content (AvgIpc) is 2.58. The number of methoxy groups -OCH3 is 1. The summed E-state index contributed by atoms with van der Waals surface area (Å²) in [6.07, 6.45) is 0. The molecule has 0 spiro atoms. The van der Waals surface area contributed by atoms with Crippen molar-refractivity contribution in [2.75, 3.05) is 20.2 Å². The summed E-state index contributed by atoms with van der Waals surface area (Å²) in [5.41, 5.74) is 1.11. The van der Waals surface area contributed by atoms with Crippen LogP contribution in [0.25, 0.3) is 0 Å². The van der Waals surface area contributed by atoms with Crippen molar-refractivity contribution in [3.63, 3.8) is 0 Å². The van der Waals surface area contributed by atoms with Gasteiger partial charge in [-0.3, -0.25) is 0 Å². The predicted octanol–water partition coefficient (Wildman–Crippen LogP) is 2.55. The van der Waals surface area contributed by atoms with Crippen LogP contribution in [-0.4, -0.2) is 20.2 Å². The molecule has 0 amide bonds. The summed E-state index contributed by atoms with van der Waals surface area (Å²) in [6.45, 7) is 6.23. The third kappa shape index (κ3) is 1.92. The molecular weight excluding hydrogens is 205 g/mol. The SMILES string of the molecule is COc1ccc(F)cc1C1CNCC1(C)C. The molecule has 88 valence electrons. The van der Waals surface area contributed by atoms with Gasteiger partial charge in [0.1, 0.15) is 11.6 Å². The topological polar surface area (TPSA) is 21.3 Å². The number of nitrogens with one attached hydrogen (secondary N) is 1. The molecule has 1 atom stereocenters. The molecule has 0 aromatic heterocycles. The van der Waals surface area contributed by atoms with Crippen molar-refractivity contribution in [2.24, 2.45) is 5.41 Å². The highest BCUT2D eigenvalue weighted by molar-refractivity contribution is 5.39. The van der Waals surface area contributed by atoms with Gasteiger partial charge >= 0.3 is 0 Å². The molecule has 1 aromatic rings. The molecule has 0 bridgehead atoms. The van der Waals surface area contributed by atoms with E-state index in [1.807, 2.05) is 0 Å². The van der Waals surface area contributed by atoms with Crippen LogP contribution in [0.2, 0.25) is 0 Å². The first-order chi connectivity index (χ1) is 7.54. The minimum absolute atomic E-state index is 0.140. The molecule has 0 aliphatic carbocycles. The van der Waals surface area contributed by atoms with Gasteiger partial charge in [-0.25, -0.2) is 4.39 Å². The van der Waals surface area contributed by atoms with E-state index in [0.29, 0.717) is 5.92 Å². The first kappa shape index (κ1) is 11.4. The molecule has 16 heavy (non-hydrogen) atoms. The Morgan fingerprint density at radius 3 is 2.75 bits per heavy atom. The Kier molecular flexibility index (Phi) is 2.89. The van der Waals surface area contributed by atoms with Gasteiger partial charge in [-0.1, -0.05) is 13.8 Å². The van der Waals surface area contributed by atoms with Gasteiger partial charge in [0.2, 0.25) is 0 Å². The number of rotatable bonds is 2. The van der Waals surface area contributed by atoms with Crippen LogP contribution in [0.5, 0.6) is 5.75 Å². The summed E-state index contributed by atoms with van der Waals surface area (Å²) < 4.78 is 18.6. The maximum absolute atomic E-state index is 13.3. The van der Waals surface area contributed by atoms with Gasteiger partial charge < -0.3 is 10.1 Å². The van der Waals surface area contributed by atoms with E-state index in [0.717, 1.165) is 24.4 Å². The molecule has 0 radical (unpaired) electrons. The lowest BCUT2D eigenvalue weighted by Crippen LogP contribution is -2.21. The fraction of sp³-hybridized carbons (Fsp3) is 0.538. The van der Waals surface area contributed by atoms with Crippen LogP contribution >= 0.6 is 0 Å². The monoisotopic (exact) mass is 223 g/mol. The van der Waals surface area contributed by atoms with Crippen LogP contribution in [-0.2, 0) is 0 Å². The van der Waals surface area contributed by atoms with Crippen LogP contribution in [0.1, 0.15) is 25.3 Å². The molecule has 2 nitrogen and oxygen atoms in total. The summed E-state index contributed by atoms with van der Waals surface area (Å²) in [5.74, 6) is 0.889. The third-order valence-corrected chi connectivity index (χ3v) is 3.44. The van der Waals surface area contributed by atoms with E-state index in [4.69, 9.17) is 4.74 Å². The fourth-order valence-electron chi connectivity index (χ4n) is 2.45. The Balaban J connectivity index is 2.42. The van der Waals surface area contributed by atoms with E-state index in [-0.39, 0.29) is 11.2 Å². The molecule has 1 saturated heterocycles. The predicted molar refractivity (Wildman–Crippen MR) is 62.3 cm³/mol. The second-order valence-electron chi connectivity index (χ2n) is 5.06. The summed E-state index contributed by atoms with van der Waals surface area (Å²) >= 11 is 0. The van der Waals surface area contributed by atoms with Crippen molar-refractivity contribution in [2.45, 2.75) is 19.8 Å². The van der Waals surface area contributed by atoms with E-state index < -0.39 is 0 Å². The second kappa shape index (κ2) is 4.06. The zero-order valence-electron chi connectivity index (χ0n) is 10.0. The normalized spacial score (nSPS) is 23.4. The quantitative estimate of drug-likeness (QED) is 0.832. The van der Waals surface area contributed by atoms with Crippen molar-refractivity contribution in [3.8, 4) is 5.75 Å². The number of ether oxygens (including phenoxy) is 1. The van der Waals surface area contributed by atoms with E-state index in [9.17, 15) is 4.39 Å². The number of hydrogen-bond acceptors (Lipinski definition) is 2. The van der Waals surface area contributed by atoms with Crippen molar-refractivity contribution in [1.29, 1.82) is 0 Å². The van der Waals surface area contributed by atoms with E-state index in [1.165, 1.54) is 6.07 Å². The maximum atomic E-state index is 13.3. The van der Waals surface area contributed by atoms with Gasteiger partial charge in [-0.05, 0) is 23.6 Å². The minimum Gasteiger partial charge on any atom is -0.496 e. The van der Waals surface area contributed by atoms with Gasteiger partial charge in [0.15, 0.2) is 0 Å². The number of halogens is 1. The maximum Gasteiger partial charge on any atom is 0.123 e. The lowest BCUT2D eigenvalue weighted by atomic mass is 9.77. The highest BCUT2D eigenvalue weighted by Gasteiger charge is 2.37. The minimum atomic E-state index is -0.196. The van der Waals surface area contributed by atoms with Crippen molar-refractivity contribution >= 4 is 0 Å². The second-order valence-corrected chi connectivity index (χ2v) is 5.06. The molecule has 1 heterocycles. The first-order valence-electron chi connectivity index (χ1n) is 5.59. The van der Waals surface area contributed by atoms with Crippen molar-refractivity contribution in [1.82, 2.24) is 5.32 Å². The largest absolute Gasteiger partial charge is 0.496 e. The summed E-state index contributed by atoms with van der Waals surface area (Å²) in [6, 6.07) is 4.75. The lowest BCUT2D eigenvalue weighted by Gasteiger charge is -2.27. The van der Waals surface area contributed by atoms with Crippen molar-refractivity contribution in [3.05, 3.63) is 29.6 Å². The van der Waals surface area contributed by atoms with Gasteiger partial charge in [0, 0.05) is 24.6 Å². The van der Waals surface area contributed by atoms with Crippen molar-refractivity contribution < 1.29 is 9.13 Å². The van der Waals surface area contributed by atoms with Gasteiger partial charge in [-0.15, -0.1) is 0 Å². The molecule has 3 heteroatoms.